The number of fused-ring (bicyclic) bond motifs is 1. The molecule has 0 radical (unpaired) electrons. The number of anilines is 2. The van der Waals surface area contributed by atoms with Gasteiger partial charge in [0.1, 0.15) is 5.69 Å². The molecule has 0 fully saturated rings. The Balaban J connectivity index is 1.73. The maximum Gasteiger partial charge on any atom is 0.237 e. The van der Waals surface area contributed by atoms with Crippen LogP contribution in [0.25, 0.3) is 10.9 Å². The van der Waals surface area contributed by atoms with Crippen molar-refractivity contribution in [1.29, 1.82) is 0 Å². The largest absolute Gasteiger partial charge is 0.480 e. The second-order valence-corrected chi connectivity index (χ2v) is 7.70. The number of hydrogen-bond acceptors (Lipinski definition) is 6. The minimum Gasteiger partial charge on any atom is -0.480 e. The van der Waals surface area contributed by atoms with Crippen molar-refractivity contribution in [3.63, 3.8) is 0 Å². The molecule has 1 aromatic carbocycles. The summed E-state index contributed by atoms with van der Waals surface area (Å²) in [5.74, 6) is 0.584. The van der Waals surface area contributed by atoms with Crippen molar-refractivity contribution < 1.29 is 4.74 Å². The molecule has 0 aliphatic heterocycles. The molecular weight excluding hydrogens is 382 g/mol. The summed E-state index contributed by atoms with van der Waals surface area (Å²) in [4.78, 5) is 9.75. The van der Waals surface area contributed by atoms with Crippen LogP contribution in [0.3, 0.4) is 0 Å². The molecule has 6 nitrogen and oxygen atoms in total. The van der Waals surface area contributed by atoms with Crippen LogP contribution in [0, 0.1) is 6.92 Å². The third kappa shape index (κ3) is 4.21. The van der Waals surface area contributed by atoms with Gasteiger partial charge < -0.3 is 15.4 Å². The van der Waals surface area contributed by atoms with Gasteiger partial charge in [-0.1, -0.05) is 6.07 Å². The molecule has 7 heteroatoms. The van der Waals surface area contributed by atoms with Gasteiger partial charge in [0.05, 0.1) is 12.6 Å². The first-order valence-corrected chi connectivity index (χ1v) is 10.1. The normalized spacial score (nSPS) is 11.0. The van der Waals surface area contributed by atoms with E-state index in [0.29, 0.717) is 5.88 Å². The smallest absolute Gasteiger partial charge is 0.237 e. The lowest BCUT2D eigenvalue weighted by Gasteiger charge is -2.12. The third-order valence-corrected chi connectivity index (χ3v) is 5.48. The molecule has 3 aromatic heterocycles. The lowest BCUT2D eigenvalue weighted by Crippen LogP contribution is -2.04. The van der Waals surface area contributed by atoms with Crippen LogP contribution in [-0.4, -0.2) is 28.1 Å². The van der Waals surface area contributed by atoms with Gasteiger partial charge in [0.15, 0.2) is 0 Å². The van der Waals surface area contributed by atoms with E-state index in [1.165, 1.54) is 10.9 Å². The number of rotatable bonds is 7. The number of aromatic nitrogens is 3. The van der Waals surface area contributed by atoms with Crippen molar-refractivity contribution in [3.05, 3.63) is 72.3 Å². The van der Waals surface area contributed by atoms with E-state index in [9.17, 15) is 0 Å². The molecule has 3 heterocycles. The Morgan fingerprint density at radius 1 is 1.17 bits per heavy atom. The van der Waals surface area contributed by atoms with Crippen LogP contribution in [0.2, 0.25) is 0 Å². The lowest BCUT2D eigenvalue weighted by molar-refractivity contribution is 0.399. The van der Waals surface area contributed by atoms with E-state index < -0.39 is 0 Å². The van der Waals surface area contributed by atoms with Crippen molar-refractivity contribution in [1.82, 2.24) is 19.3 Å². The zero-order valence-electron chi connectivity index (χ0n) is 16.6. The van der Waals surface area contributed by atoms with Crippen molar-refractivity contribution in [2.45, 2.75) is 18.4 Å². The van der Waals surface area contributed by atoms with E-state index in [4.69, 9.17) is 4.74 Å². The van der Waals surface area contributed by atoms with Gasteiger partial charge in [-0.15, -0.1) is 0 Å². The molecule has 0 atom stereocenters. The minimum absolute atomic E-state index is 0.584. The molecule has 0 saturated heterocycles. The number of hydrogen-bond donors (Lipinski definition) is 2. The van der Waals surface area contributed by atoms with Crippen LogP contribution in [-0.2, 0) is 6.54 Å². The number of nitrogens with one attached hydrogen (secondary N) is 2. The highest BCUT2D eigenvalue weighted by molar-refractivity contribution is 7.98. The number of benzene rings is 1. The molecule has 29 heavy (non-hydrogen) atoms. The summed E-state index contributed by atoms with van der Waals surface area (Å²) in [6.07, 6.45) is 5.84. The Hall–Kier alpha value is -3.03. The predicted octanol–water partition coefficient (Wildman–Crippen LogP) is 4.77. The molecule has 0 unspecified atom stereocenters. The topological polar surface area (TPSA) is 64.0 Å². The maximum atomic E-state index is 5.43. The molecule has 4 aromatic rings. The highest BCUT2D eigenvalue weighted by Gasteiger charge is 2.12. The number of methoxy groups -OCH3 is 1. The van der Waals surface area contributed by atoms with E-state index in [-0.39, 0.29) is 0 Å². The van der Waals surface area contributed by atoms with Gasteiger partial charge in [-0.3, -0.25) is 8.96 Å². The summed E-state index contributed by atoms with van der Waals surface area (Å²) in [5, 5.41) is 7.91. The number of pyridine rings is 2. The monoisotopic (exact) mass is 405 g/mol. The van der Waals surface area contributed by atoms with Crippen molar-refractivity contribution in [2.75, 3.05) is 19.5 Å². The fraction of sp³-hybridized carbons (Fsp3) is 0.182. The van der Waals surface area contributed by atoms with Gasteiger partial charge in [-0.25, -0.2) is 4.98 Å². The van der Waals surface area contributed by atoms with Crippen LogP contribution >= 0.6 is 11.9 Å². The first-order valence-electron chi connectivity index (χ1n) is 9.33. The van der Waals surface area contributed by atoms with Gasteiger partial charge in [0.25, 0.3) is 0 Å². The first kappa shape index (κ1) is 19.3. The summed E-state index contributed by atoms with van der Waals surface area (Å²) >= 11 is 1.65. The summed E-state index contributed by atoms with van der Waals surface area (Å²) in [6.45, 7) is 2.75. The summed E-state index contributed by atoms with van der Waals surface area (Å²) < 4.78 is 7.62. The van der Waals surface area contributed by atoms with E-state index in [1.54, 1.807) is 25.3 Å². The molecule has 0 aliphatic carbocycles. The Bertz CT molecular complexity index is 1130. The van der Waals surface area contributed by atoms with Gasteiger partial charge >= 0.3 is 0 Å². The molecular formula is C22H23N5OS. The highest BCUT2D eigenvalue weighted by Crippen LogP contribution is 2.33. The van der Waals surface area contributed by atoms with Crippen LogP contribution in [0.5, 0.6) is 5.88 Å². The van der Waals surface area contributed by atoms with Crippen LogP contribution in [0.15, 0.2) is 66.0 Å². The average Bonchev–Trinajstić information content (AvgIpc) is 3.07. The minimum atomic E-state index is 0.584. The van der Waals surface area contributed by atoms with Gasteiger partial charge in [0, 0.05) is 46.8 Å². The van der Waals surface area contributed by atoms with Crippen LogP contribution in [0.4, 0.5) is 11.4 Å². The molecule has 2 N–H and O–H groups in total. The van der Waals surface area contributed by atoms with E-state index in [1.807, 2.05) is 38.4 Å². The zero-order valence-corrected chi connectivity index (χ0v) is 17.5. The molecule has 0 amide bonds. The van der Waals surface area contributed by atoms with Crippen molar-refractivity contribution in [3.8, 4) is 5.88 Å². The van der Waals surface area contributed by atoms with Gasteiger partial charge in [0.2, 0.25) is 5.88 Å². The number of ether oxygens (including phenoxy) is 1. The maximum absolute atomic E-state index is 5.43. The summed E-state index contributed by atoms with van der Waals surface area (Å²) in [6, 6.07) is 14.4. The zero-order chi connectivity index (χ0) is 20.2. The van der Waals surface area contributed by atoms with Crippen molar-refractivity contribution in [2.24, 2.45) is 0 Å². The fourth-order valence-electron chi connectivity index (χ4n) is 3.20. The Kier molecular flexibility index (Phi) is 5.69. The first-order chi connectivity index (χ1) is 14.2. The second-order valence-electron chi connectivity index (χ2n) is 6.66. The van der Waals surface area contributed by atoms with E-state index in [0.717, 1.165) is 34.0 Å². The molecule has 4 rings (SSSR count). The molecule has 0 bridgehead atoms. The molecule has 0 spiro atoms. The number of nitrogens with zero attached hydrogens (tertiary/aromatic N) is 3. The average molecular weight is 406 g/mol. The Morgan fingerprint density at radius 3 is 2.83 bits per heavy atom. The number of aryl methyl sites for hydroxylation is 1. The van der Waals surface area contributed by atoms with Crippen LogP contribution in [0.1, 0.15) is 11.3 Å². The Labute approximate surface area is 174 Å². The SMILES string of the molecule is CNCc1cn(Sc2cccnc2)c2cc(Nc3ccc(C)nc3OC)ccc12. The van der Waals surface area contributed by atoms with Gasteiger partial charge in [-0.05, 0) is 67.9 Å². The second kappa shape index (κ2) is 8.55. The van der Waals surface area contributed by atoms with E-state index in [2.05, 4.69) is 55.0 Å². The van der Waals surface area contributed by atoms with Crippen molar-refractivity contribution >= 4 is 34.2 Å². The fourth-order valence-corrected chi connectivity index (χ4v) is 4.11. The van der Waals surface area contributed by atoms with Crippen LogP contribution < -0.4 is 15.4 Å². The standard InChI is InChI=1S/C22H23N5OS/c1-15-6-9-20(22(25-15)28-3)26-17-7-8-19-16(12-23-2)14-27(21(19)11-17)29-18-5-4-10-24-13-18/h4-11,13-14,23,26H,12H2,1-3H3. The highest BCUT2D eigenvalue weighted by atomic mass is 32.2. The molecule has 148 valence electrons. The third-order valence-electron chi connectivity index (χ3n) is 4.53. The van der Waals surface area contributed by atoms with E-state index >= 15 is 0 Å². The predicted molar refractivity (Wildman–Crippen MR) is 119 cm³/mol. The lowest BCUT2D eigenvalue weighted by atomic mass is 10.1. The summed E-state index contributed by atoms with van der Waals surface area (Å²) in [5.41, 5.74) is 5.11. The summed E-state index contributed by atoms with van der Waals surface area (Å²) in [7, 11) is 3.60. The Morgan fingerprint density at radius 2 is 2.07 bits per heavy atom. The quantitative estimate of drug-likeness (QED) is 0.462. The molecule has 0 aliphatic rings. The van der Waals surface area contributed by atoms with Gasteiger partial charge in [-0.2, -0.15) is 0 Å². The molecule has 0 saturated carbocycles.